The largest absolute Gasteiger partial charge is 0.466 e. The zero-order valence-electron chi connectivity index (χ0n) is 52.0. The highest BCUT2D eigenvalue weighted by Crippen LogP contribution is 2.18. The Hall–Kier alpha value is -1.92. The zero-order valence-corrected chi connectivity index (χ0v) is 52.0. The van der Waals surface area contributed by atoms with Gasteiger partial charge in [0.25, 0.3) is 0 Å². The van der Waals surface area contributed by atoms with E-state index in [0.29, 0.717) is 19.4 Å². The van der Waals surface area contributed by atoms with Gasteiger partial charge in [0, 0.05) is 12.8 Å². The average molecular weight is 1080 g/mol. The second-order valence-corrected chi connectivity index (χ2v) is 23.9. The first-order valence-electron chi connectivity index (χ1n) is 34.8. The van der Waals surface area contributed by atoms with E-state index in [-0.39, 0.29) is 18.5 Å². The number of allylic oxidation sites excluding steroid dienone is 5. The van der Waals surface area contributed by atoms with E-state index in [1.807, 2.05) is 6.08 Å². The molecule has 0 fully saturated rings. The van der Waals surface area contributed by atoms with Crippen LogP contribution in [0.3, 0.4) is 0 Å². The van der Waals surface area contributed by atoms with E-state index in [4.69, 9.17) is 4.74 Å². The maximum atomic E-state index is 12.5. The SMILES string of the molecule is CCCCCCCCCCCCCCCCCCCCCCC/C=C/C(O)C(CO)NC(=O)CCCCCCCCCCCC/C=C\C=C/CCCCCOC(=O)CCCCCCCCCCCCCCCCCCCC. The molecule has 2 atom stereocenters. The Kier molecular flexibility index (Phi) is 64.9. The van der Waals surface area contributed by atoms with E-state index in [1.54, 1.807) is 6.08 Å². The smallest absolute Gasteiger partial charge is 0.305 e. The molecular formula is C71H135NO5. The van der Waals surface area contributed by atoms with Crippen LogP contribution in [0.2, 0.25) is 0 Å². The highest BCUT2D eigenvalue weighted by atomic mass is 16.5. The zero-order chi connectivity index (χ0) is 55.7. The Morgan fingerprint density at radius 2 is 0.636 bits per heavy atom. The van der Waals surface area contributed by atoms with Crippen LogP contribution in [0, 0.1) is 0 Å². The number of unbranched alkanes of at least 4 members (excludes halogenated alkanes) is 51. The van der Waals surface area contributed by atoms with Crippen molar-refractivity contribution in [3.63, 3.8) is 0 Å². The maximum absolute atomic E-state index is 12.5. The van der Waals surface area contributed by atoms with Crippen molar-refractivity contribution in [2.75, 3.05) is 13.2 Å². The van der Waals surface area contributed by atoms with Crippen LogP contribution in [-0.2, 0) is 14.3 Å². The number of nitrogens with one attached hydrogen (secondary N) is 1. The molecule has 0 bridgehead atoms. The van der Waals surface area contributed by atoms with Gasteiger partial charge in [0.05, 0.1) is 25.4 Å². The summed E-state index contributed by atoms with van der Waals surface area (Å²) in [4.78, 5) is 24.6. The molecule has 6 nitrogen and oxygen atoms in total. The van der Waals surface area contributed by atoms with Gasteiger partial charge in [-0.05, 0) is 64.2 Å². The number of esters is 1. The van der Waals surface area contributed by atoms with Crippen molar-refractivity contribution in [1.29, 1.82) is 0 Å². The highest BCUT2D eigenvalue weighted by molar-refractivity contribution is 5.76. The fourth-order valence-electron chi connectivity index (χ4n) is 10.9. The monoisotopic (exact) mass is 1080 g/mol. The molecule has 1 amide bonds. The van der Waals surface area contributed by atoms with Gasteiger partial charge in [-0.1, -0.05) is 339 Å². The third kappa shape index (κ3) is 63.1. The van der Waals surface area contributed by atoms with Crippen molar-refractivity contribution < 1.29 is 24.5 Å². The van der Waals surface area contributed by atoms with Crippen LogP contribution in [0.15, 0.2) is 36.5 Å². The number of aliphatic hydroxyl groups is 2. The van der Waals surface area contributed by atoms with E-state index in [1.165, 1.54) is 276 Å². The third-order valence-corrected chi connectivity index (χ3v) is 16.2. The van der Waals surface area contributed by atoms with Gasteiger partial charge in [-0.2, -0.15) is 0 Å². The lowest BCUT2D eigenvalue weighted by atomic mass is 10.0. The fourth-order valence-corrected chi connectivity index (χ4v) is 10.9. The van der Waals surface area contributed by atoms with Gasteiger partial charge >= 0.3 is 5.97 Å². The number of carbonyl (C=O) groups is 2. The number of carbonyl (C=O) groups excluding carboxylic acids is 2. The summed E-state index contributed by atoms with van der Waals surface area (Å²) < 4.78 is 5.48. The van der Waals surface area contributed by atoms with E-state index in [2.05, 4.69) is 43.5 Å². The number of ether oxygens (including phenoxy) is 1. The molecule has 0 aromatic rings. The van der Waals surface area contributed by atoms with Crippen molar-refractivity contribution in [2.24, 2.45) is 0 Å². The van der Waals surface area contributed by atoms with Gasteiger partial charge in [-0.25, -0.2) is 0 Å². The molecule has 0 rings (SSSR count). The van der Waals surface area contributed by atoms with Crippen molar-refractivity contribution in [3.8, 4) is 0 Å². The molecule has 0 aliphatic rings. The molecule has 0 aliphatic heterocycles. The lowest BCUT2D eigenvalue weighted by Crippen LogP contribution is -2.45. The summed E-state index contributed by atoms with van der Waals surface area (Å²) in [5.74, 6) is -0.0833. The predicted molar refractivity (Wildman–Crippen MR) is 338 cm³/mol. The van der Waals surface area contributed by atoms with Gasteiger partial charge in [0.15, 0.2) is 0 Å². The van der Waals surface area contributed by atoms with Crippen molar-refractivity contribution >= 4 is 11.9 Å². The number of hydrogen-bond acceptors (Lipinski definition) is 5. The molecule has 3 N–H and O–H groups in total. The quantitative estimate of drug-likeness (QED) is 0.0244. The van der Waals surface area contributed by atoms with Gasteiger partial charge in [0.2, 0.25) is 5.91 Å². The summed E-state index contributed by atoms with van der Waals surface area (Å²) in [6, 6.07) is -0.637. The van der Waals surface area contributed by atoms with E-state index >= 15 is 0 Å². The number of hydrogen-bond donors (Lipinski definition) is 3. The molecule has 0 aliphatic carbocycles. The summed E-state index contributed by atoms with van der Waals surface area (Å²) >= 11 is 0. The maximum Gasteiger partial charge on any atom is 0.305 e. The molecular weight excluding hydrogens is 947 g/mol. The molecule has 0 spiro atoms. The normalized spacial score (nSPS) is 12.7. The van der Waals surface area contributed by atoms with Crippen LogP contribution in [0.25, 0.3) is 0 Å². The number of amides is 1. The standard InChI is InChI=1S/C71H135NO5/c1-3-5-7-9-11-13-15-17-19-21-23-24-25-26-28-31-35-39-43-47-51-55-59-63-69(74)68(67-73)72-70(75)64-60-56-52-48-44-40-36-32-29-27-30-34-38-42-46-50-54-58-62-66-77-71(76)65-61-57-53-49-45-41-37-33-22-20-18-16-14-12-10-8-6-4-2/h34,38,42,46,59,63,68-69,73-74H,3-33,35-37,39-41,43-45,47-58,60-62,64-67H2,1-2H3,(H,72,75)/b38-34-,46-42-,63-59+. The lowest BCUT2D eigenvalue weighted by molar-refractivity contribution is -0.143. The Bertz CT molecular complexity index is 1250. The predicted octanol–water partition coefficient (Wildman–Crippen LogP) is 22.3. The van der Waals surface area contributed by atoms with Crippen molar-refractivity contribution in [3.05, 3.63) is 36.5 Å². The Labute approximate surface area is 481 Å². The van der Waals surface area contributed by atoms with Crippen LogP contribution < -0.4 is 5.32 Å². The van der Waals surface area contributed by atoms with Gasteiger partial charge in [0.1, 0.15) is 0 Å². The minimum atomic E-state index is -0.853. The first-order chi connectivity index (χ1) is 38.0. The average Bonchev–Trinajstić information content (AvgIpc) is 3.43. The van der Waals surface area contributed by atoms with Gasteiger partial charge in [-0.15, -0.1) is 0 Å². The summed E-state index contributed by atoms with van der Waals surface area (Å²) in [6.07, 6.45) is 85.0. The lowest BCUT2D eigenvalue weighted by Gasteiger charge is -2.20. The second kappa shape index (κ2) is 66.6. The van der Waals surface area contributed by atoms with Crippen LogP contribution in [0.1, 0.15) is 380 Å². The fraction of sp³-hybridized carbons (Fsp3) is 0.887. The molecule has 0 aromatic heterocycles. The summed E-state index contributed by atoms with van der Waals surface area (Å²) in [5, 5.41) is 23.2. The van der Waals surface area contributed by atoms with Crippen LogP contribution in [0.5, 0.6) is 0 Å². The van der Waals surface area contributed by atoms with E-state index < -0.39 is 12.1 Å². The van der Waals surface area contributed by atoms with Gasteiger partial charge < -0.3 is 20.3 Å². The van der Waals surface area contributed by atoms with E-state index in [0.717, 1.165) is 77.0 Å². The minimum absolute atomic E-state index is 0.00906. The third-order valence-electron chi connectivity index (χ3n) is 16.2. The van der Waals surface area contributed by atoms with Crippen molar-refractivity contribution in [1.82, 2.24) is 5.32 Å². The molecule has 0 radical (unpaired) electrons. The van der Waals surface area contributed by atoms with E-state index in [9.17, 15) is 19.8 Å². The molecule has 6 heteroatoms. The molecule has 0 saturated carbocycles. The summed E-state index contributed by atoms with van der Waals surface area (Å²) in [5.41, 5.74) is 0. The molecule has 0 aromatic carbocycles. The number of aliphatic hydroxyl groups excluding tert-OH is 2. The van der Waals surface area contributed by atoms with Crippen LogP contribution in [0.4, 0.5) is 0 Å². The Morgan fingerprint density at radius 3 is 0.961 bits per heavy atom. The van der Waals surface area contributed by atoms with Crippen LogP contribution in [-0.4, -0.2) is 47.4 Å². The number of rotatable bonds is 65. The molecule has 77 heavy (non-hydrogen) atoms. The molecule has 0 heterocycles. The van der Waals surface area contributed by atoms with Gasteiger partial charge in [-0.3, -0.25) is 9.59 Å². The summed E-state index contributed by atoms with van der Waals surface area (Å²) in [7, 11) is 0. The second-order valence-electron chi connectivity index (χ2n) is 23.9. The first kappa shape index (κ1) is 75.1. The topological polar surface area (TPSA) is 95.9 Å². The highest BCUT2D eigenvalue weighted by Gasteiger charge is 2.18. The Balaban J connectivity index is 3.48. The Morgan fingerprint density at radius 1 is 0.364 bits per heavy atom. The van der Waals surface area contributed by atoms with Crippen LogP contribution >= 0.6 is 0 Å². The minimum Gasteiger partial charge on any atom is -0.466 e. The van der Waals surface area contributed by atoms with Crippen molar-refractivity contribution in [2.45, 2.75) is 392 Å². The molecule has 0 saturated heterocycles. The molecule has 454 valence electrons. The molecule has 2 unspecified atom stereocenters. The summed E-state index contributed by atoms with van der Waals surface area (Å²) in [6.45, 7) is 4.90. The first-order valence-corrected chi connectivity index (χ1v) is 34.8.